The molecule has 34 heavy (non-hydrogen) atoms. The van der Waals surface area contributed by atoms with Crippen LogP contribution in [0.3, 0.4) is 0 Å². The lowest BCUT2D eigenvalue weighted by atomic mass is 10.1. The van der Waals surface area contributed by atoms with Gasteiger partial charge in [0.1, 0.15) is 0 Å². The van der Waals surface area contributed by atoms with E-state index in [-0.39, 0.29) is 18.1 Å². The minimum atomic E-state index is -0.942. The van der Waals surface area contributed by atoms with E-state index in [4.69, 9.17) is 14.6 Å². The number of carboxylic acids is 1. The lowest BCUT2D eigenvalue weighted by molar-refractivity contribution is -0.118. The molecular formula is C26H27BrN2O5. The van der Waals surface area contributed by atoms with Crippen molar-refractivity contribution in [2.24, 2.45) is 0 Å². The van der Waals surface area contributed by atoms with Crippen LogP contribution in [0.2, 0.25) is 0 Å². The van der Waals surface area contributed by atoms with Crippen molar-refractivity contribution in [1.29, 1.82) is 0 Å². The van der Waals surface area contributed by atoms with E-state index in [0.29, 0.717) is 41.4 Å². The third kappa shape index (κ3) is 7.33. The predicted molar refractivity (Wildman–Crippen MR) is 135 cm³/mol. The second kappa shape index (κ2) is 12.2. The summed E-state index contributed by atoms with van der Waals surface area (Å²) in [6.07, 6.45) is 0. The Kier molecular flexibility index (Phi) is 9.07. The second-order valence-electron chi connectivity index (χ2n) is 7.65. The third-order valence-corrected chi connectivity index (χ3v) is 5.50. The number of ether oxygens (including phenoxy) is 2. The molecule has 0 radical (unpaired) electrons. The Morgan fingerprint density at radius 3 is 2.26 bits per heavy atom. The topological polar surface area (TPSA) is 96.9 Å². The van der Waals surface area contributed by atoms with E-state index in [1.165, 1.54) is 0 Å². The number of halogens is 1. The Morgan fingerprint density at radius 1 is 0.941 bits per heavy atom. The molecule has 7 nitrogen and oxygen atoms in total. The minimum absolute atomic E-state index is 0.156. The number of amides is 1. The van der Waals surface area contributed by atoms with Gasteiger partial charge in [-0.05, 0) is 77.3 Å². The number of carbonyl (C=O) groups is 2. The van der Waals surface area contributed by atoms with Crippen LogP contribution < -0.4 is 20.1 Å². The van der Waals surface area contributed by atoms with Gasteiger partial charge in [0.15, 0.2) is 18.1 Å². The summed E-state index contributed by atoms with van der Waals surface area (Å²) in [5, 5.41) is 15.1. The molecule has 3 aromatic carbocycles. The number of carbonyl (C=O) groups excluding carboxylic acids is 1. The summed E-state index contributed by atoms with van der Waals surface area (Å²) in [6.45, 7) is 5.31. The molecule has 0 aliphatic rings. The highest BCUT2D eigenvalue weighted by Crippen LogP contribution is 2.37. The molecule has 0 unspecified atom stereocenters. The average molecular weight is 527 g/mol. The molecule has 3 aromatic rings. The molecule has 1 amide bonds. The summed E-state index contributed by atoms with van der Waals surface area (Å²) in [6, 6.07) is 18.1. The fraction of sp³-hybridized carbons (Fsp3) is 0.231. The maximum atomic E-state index is 12.3. The van der Waals surface area contributed by atoms with Gasteiger partial charge >= 0.3 is 5.97 Å². The average Bonchev–Trinajstić information content (AvgIpc) is 2.80. The van der Waals surface area contributed by atoms with Gasteiger partial charge in [-0.25, -0.2) is 4.79 Å². The Morgan fingerprint density at radius 2 is 1.62 bits per heavy atom. The standard InChI is InChI=1S/C26H27BrN2O5/c1-3-33-23-13-19(15-28-14-18-6-8-20(9-7-18)26(31)32)12-22(27)25(23)34-16-24(30)29-21-10-4-17(2)5-11-21/h4-13,28H,3,14-16H2,1-2H3,(H,29,30)(H,31,32). The number of carboxylic acid groups (broad SMARTS) is 1. The zero-order valence-corrected chi connectivity index (χ0v) is 20.6. The fourth-order valence-corrected chi connectivity index (χ4v) is 3.82. The smallest absolute Gasteiger partial charge is 0.335 e. The maximum Gasteiger partial charge on any atom is 0.335 e. The summed E-state index contributed by atoms with van der Waals surface area (Å²) >= 11 is 3.53. The minimum Gasteiger partial charge on any atom is -0.490 e. The van der Waals surface area contributed by atoms with Crippen LogP contribution in [0.1, 0.15) is 34.0 Å². The molecule has 0 spiro atoms. The van der Waals surface area contributed by atoms with Gasteiger partial charge in [0.2, 0.25) is 0 Å². The molecule has 0 saturated carbocycles. The number of nitrogens with one attached hydrogen (secondary N) is 2. The van der Waals surface area contributed by atoms with Gasteiger partial charge in [-0.15, -0.1) is 0 Å². The SMILES string of the molecule is CCOc1cc(CNCc2ccc(C(=O)O)cc2)cc(Br)c1OCC(=O)Nc1ccc(C)cc1. The van der Waals surface area contributed by atoms with Crippen LogP contribution in [0.5, 0.6) is 11.5 Å². The van der Waals surface area contributed by atoms with Crippen LogP contribution in [-0.2, 0) is 17.9 Å². The molecule has 0 atom stereocenters. The fourth-order valence-electron chi connectivity index (χ4n) is 3.21. The zero-order chi connectivity index (χ0) is 24.5. The second-order valence-corrected chi connectivity index (χ2v) is 8.50. The van der Waals surface area contributed by atoms with Gasteiger partial charge in [-0.3, -0.25) is 4.79 Å². The van der Waals surface area contributed by atoms with Crippen LogP contribution in [-0.4, -0.2) is 30.2 Å². The summed E-state index contributed by atoms with van der Waals surface area (Å²) in [5.74, 6) is -0.197. The Hall–Kier alpha value is -3.36. The van der Waals surface area contributed by atoms with Gasteiger partial charge in [-0.2, -0.15) is 0 Å². The normalized spacial score (nSPS) is 10.6. The van der Waals surface area contributed by atoms with Crippen LogP contribution in [0, 0.1) is 6.92 Å². The van der Waals surface area contributed by atoms with Gasteiger partial charge in [0.05, 0.1) is 16.6 Å². The van der Waals surface area contributed by atoms with E-state index in [9.17, 15) is 9.59 Å². The van der Waals surface area contributed by atoms with Crippen LogP contribution in [0.4, 0.5) is 5.69 Å². The molecule has 8 heteroatoms. The quantitative estimate of drug-likeness (QED) is 0.319. The molecule has 178 valence electrons. The number of rotatable bonds is 11. The highest BCUT2D eigenvalue weighted by Gasteiger charge is 2.14. The third-order valence-electron chi connectivity index (χ3n) is 4.91. The summed E-state index contributed by atoms with van der Waals surface area (Å²) in [5.41, 5.74) is 4.03. The Labute approximate surface area is 207 Å². The number of benzene rings is 3. The van der Waals surface area contributed by atoms with Crippen molar-refractivity contribution in [1.82, 2.24) is 5.32 Å². The lowest BCUT2D eigenvalue weighted by Crippen LogP contribution is -2.20. The van der Waals surface area contributed by atoms with Gasteiger partial charge < -0.3 is 25.2 Å². The van der Waals surface area contributed by atoms with Gasteiger partial charge in [-0.1, -0.05) is 29.8 Å². The molecule has 0 aromatic heterocycles. The molecule has 0 bridgehead atoms. The lowest BCUT2D eigenvalue weighted by Gasteiger charge is -2.16. The molecule has 0 heterocycles. The van der Waals surface area contributed by atoms with E-state index in [2.05, 4.69) is 26.6 Å². The summed E-state index contributed by atoms with van der Waals surface area (Å²) in [7, 11) is 0. The van der Waals surface area contributed by atoms with Crippen molar-refractivity contribution in [2.75, 3.05) is 18.5 Å². The zero-order valence-electron chi connectivity index (χ0n) is 19.1. The number of anilines is 1. The van der Waals surface area contributed by atoms with E-state index < -0.39 is 5.97 Å². The molecule has 0 fully saturated rings. The van der Waals surface area contributed by atoms with Crippen molar-refractivity contribution in [3.8, 4) is 11.5 Å². The molecule has 0 aliphatic carbocycles. The first-order chi connectivity index (χ1) is 16.4. The van der Waals surface area contributed by atoms with Gasteiger partial charge in [0.25, 0.3) is 5.91 Å². The number of hydrogen-bond acceptors (Lipinski definition) is 5. The largest absolute Gasteiger partial charge is 0.490 e. The number of aryl methyl sites for hydroxylation is 1. The maximum absolute atomic E-state index is 12.3. The first-order valence-corrected chi connectivity index (χ1v) is 11.6. The van der Waals surface area contributed by atoms with Crippen LogP contribution >= 0.6 is 15.9 Å². The molecule has 0 aliphatic heterocycles. The molecule has 0 saturated heterocycles. The van der Waals surface area contributed by atoms with Crippen molar-refractivity contribution >= 4 is 33.5 Å². The first kappa shape index (κ1) is 25.3. The molecular weight excluding hydrogens is 500 g/mol. The predicted octanol–water partition coefficient (Wildman–Crippen LogP) is 5.16. The van der Waals surface area contributed by atoms with Gasteiger partial charge in [0, 0.05) is 18.8 Å². The Bertz CT molecular complexity index is 1130. The van der Waals surface area contributed by atoms with Crippen LogP contribution in [0.15, 0.2) is 65.1 Å². The van der Waals surface area contributed by atoms with Crippen molar-refractivity contribution in [3.63, 3.8) is 0 Å². The highest BCUT2D eigenvalue weighted by atomic mass is 79.9. The van der Waals surface area contributed by atoms with Crippen molar-refractivity contribution < 1.29 is 24.2 Å². The van der Waals surface area contributed by atoms with Crippen molar-refractivity contribution in [2.45, 2.75) is 26.9 Å². The van der Waals surface area contributed by atoms with Crippen LogP contribution in [0.25, 0.3) is 0 Å². The molecule has 3 N–H and O–H groups in total. The molecule has 3 rings (SSSR count). The van der Waals surface area contributed by atoms with E-state index in [1.54, 1.807) is 24.3 Å². The highest BCUT2D eigenvalue weighted by molar-refractivity contribution is 9.10. The monoisotopic (exact) mass is 526 g/mol. The number of hydrogen-bond donors (Lipinski definition) is 3. The summed E-state index contributed by atoms with van der Waals surface area (Å²) in [4.78, 5) is 23.3. The van der Waals surface area contributed by atoms with Crippen molar-refractivity contribution in [3.05, 3.63) is 87.4 Å². The first-order valence-electron chi connectivity index (χ1n) is 10.8. The van der Waals surface area contributed by atoms with E-state index in [1.807, 2.05) is 50.2 Å². The van der Waals surface area contributed by atoms with E-state index >= 15 is 0 Å². The number of aromatic carboxylic acids is 1. The Balaban J connectivity index is 1.59. The van der Waals surface area contributed by atoms with E-state index in [0.717, 1.165) is 16.7 Å². The summed E-state index contributed by atoms with van der Waals surface area (Å²) < 4.78 is 12.2.